The monoisotopic (exact) mass is 603 g/mol. The maximum absolute atomic E-state index is 14.2. The number of nitrogens with one attached hydrogen (secondary N) is 2. The van der Waals surface area contributed by atoms with Crippen LogP contribution in [0.5, 0.6) is 0 Å². The predicted molar refractivity (Wildman–Crippen MR) is 160 cm³/mol. The van der Waals surface area contributed by atoms with E-state index in [1.807, 2.05) is 12.1 Å². The minimum absolute atomic E-state index is 0.0644. The minimum Gasteiger partial charge on any atom is -0.481 e. The summed E-state index contributed by atoms with van der Waals surface area (Å²) in [6.07, 6.45) is 3.16. The Hall–Kier alpha value is -4.21. The van der Waals surface area contributed by atoms with Crippen molar-refractivity contribution in [3.8, 4) is 0 Å². The van der Waals surface area contributed by atoms with Gasteiger partial charge in [0, 0.05) is 23.6 Å². The molecule has 3 aromatic rings. The highest BCUT2D eigenvalue weighted by molar-refractivity contribution is 6.30. The molecular formula is C33H34ClN3O6. The molecule has 2 aliphatic rings. The lowest BCUT2D eigenvalue weighted by molar-refractivity contribution is -0.138. The van der Waals surface area contributed by atoms with Crippen molar-refractivity contribution in [1.82, 2.24) is 15.7 Å². The van der Waals surface area contributed by atoms with Crippen LogP contribution in [0.2, 0.25) is 5.02 Å². The first-order valence-corrected chi connectivity index (χ1v) is 14.8. The fourth-order valence-corrected chi connectivity index (χ4v) is 6.40. The number of hydroxylamine groups is 1. The average Bonchev–Trinajstić information content (AvgIpc) is 2.98. The molecule has 0 bridgehead atoms. The third kappa shape index (κ3) is 6.89. The second kappa shape index (κ2) is 13.4. The van der Waals surface area contributed by atoms with Crippen LogP contribution in [0.3, 0.4) is 0 Å². The van der Waals surface area contributed by atoms with Gasteiger partial charge in [0.15, 0.2) is 0 Å². The number of carboxylic acids is 1. The van der Waals surface area contributed by atoms with Crippen molar-refractivity contribution >= 4 is 35.3 Å². The number of fused-ring (bicyclic) bond motifs is 1. The van der Waals surface area contributed by atoms with Gasteiger partial charge in [-0.05, 0) is 53.3 Å². The molecule has 9 nitrogen and oxygen atoms in total. The van der Waals surface area contributed by atoms with Crippen molar-refractivity contribution < 1.29 is 29.1 Å². The Morgan fingerprint density at radius 1 is 0.953 bits per heavy atom. The number of hydrogen-bond acceptors (Lipinski definition) is 5. The highest BCUT2D eigenvalue weighted by Gasteiger charge is 2.48. The van der Waals surface area contributed by atoms with Gasteiger partial charge < -0.3 is 15.3 Å². The average molecular weight is 604 g/mol. The molecule has 1 aliphatic heterocycles. The van der Waals surface area contributed by atoms with E-state index in [1.54, 1.807) is 65.6 Å². The van der Waals surface area contributed by atoms with Crippen molar-refractivity contribution in [1.29, 1.82) is 0 Å². The van der Waals surface area contributed by atoms with E-state index in [-0.39, 0.29) is 36.9 Å². The molecule has 1 fully saturated rings. The second-order valence-corrected chi connectivity index (χ2v) is 11.5. The molecule has 224 valence electrons. The second-order valence-electron chi connectivity index (χ2n) is 11.1. The van der Waals surface area contributed by atoms with Crippen LogP contribution in [0.4, 0.5) is 0 Å². The zero-order chi connectivity index (χ0) is 30.5. The van der Waals surface area contributed by atoms with Gasteiger partial charge in [-0.1, -0.05) is 79.0 Å². The van der Waals surface area contributed by atoms with Crippen LogP contribution < -0.4 is 10.8 Å². The Labute approximate surface area is 255 Å². The Bertz CT molecular complexity index is 1490. The van der Waals surface area contributed by atoms with Gasteiger partial charge in [0.2, 0.25) is 5.91 Å². The summed E-state index contributed by atoms with van der Waals surface area (Å²) in [5.74, 6) is -2.50. The molecule has 3 N–H and O–H groups in total. The summed E-state index contributed by atoms with van der Waals surface area (Å²) in [6, 6.07) is 19.9. The summed E-state index contributed by atoms with van der Waals surface area (Å²) >= 11 is 6.23. The van der Waals surface area contributed by atoms with Crippen LogP contribution in [-0.2, 0) is 32.2 Å². The van der Waals surface area contributed by atoms with Gasteiger partial charge in [-0.2, -0.15) is 0 Å². The van der Waals surface area contributed by atoms with Crippen LogP contribution >= 0.6 is 11.6 Å². The summed E-state index contributed by atoms with van der Waals surface area (Å²) in [6.45, 7) is 1.54. The Morgan fingerprint density at radius 2 is 1.63 bits per heavy atom. The van der Waals surface area contributed by atoms with E-state index >= 15 is 0 Å². The number of aliphatic carboxylic acids is 1. The van der Waals surface area contributed by atoms with E-state index < -0.39 is 23.8 Å². The molecule has 5 rings (SSSR count). The van der Waals surface area contributed by atoms with E-state index in [9.17, 15) is 19.2 Å². The molecule has 0 unspecified atom stereocenters. The van der Waals surface area contributed by atoms with E-state index in [1.165, 1.54) is 6.92 Å². The lowest BCUT2D eigenvalue weighted by Crippen LogP contribution is -2.59. The fraction of sp³-hybridized carbons (Fsp3) is 0.333. The van der Waals surface area contributed by atoms with Crippen LogP contribution in [0.25, 0.3) is 0 Å². The maximum atomic E-state index is 14.2. The summed E-state index contributed by atoms with van der Waals surface area (Å²) < 4.78 is 0. The molecular weight excluding hydrogens is 570 g/mol. The molecule has 10 heteroatoms. The highest BCUT2D eigenvalue weighted by Crippen LogP contribution is 2.46. The van der Waals surface area contributed by atoms with Crippen LogP contribution in [0.1, 0.15) is 77.2 Å². The van der Waals surface area contributed by atoms with Gasteiger partial charge >= 0.3 is 5.97 Å². The van der Waals surface area contributed by atoms with Crippen molar-refractivity contribution in [2.24, 2.45) is 0 Å². The van der Waals surface area contributed by atoms with E-state index in [0.717, 1.165) is 30.4 Å². The molecule has 3 amide bonds. The normalized spacial score (nSPS) is 21.5. The smallest absolute Gasteiger partial charge is 0.307 e. The van der Waals surface area contributed by atoms with Crippen LogP contribution in [0.15, 0.2) is 72.8 Å². The van der Waals surface area contributed by atoms with Crippen molar-refractivity contribution in [3.63, 3.8) is 0 Å². The molecule has 0 spiro atoms. The molecule has 3 aromatic carbocycles. The minimum atomic E-state index is -0.914. The van der Waals surface area contributed by atoms with Crippen LogP contribution in [-0.4, -0.2) is 45.8 Å². The number of amides is 3. The first-order chi connectivity index (χ1) is 20.7. The highest BCUT2D eigenvalue weighted by atomic mass is 35.5. The topological polar surface area (TPSA) is 125 Å². The van der Waals surface area contributed by atoms with Gasteiger partial charge in [-0.3, -0.25) is 24.0 Å². The number of carboxylic acid groups (broad SMARTS) is 1. The van der Waals surface area contributed by atoms with Gasteiger partial charge in [-0.25, -0.2) is 5.48 Å². The molecule has 1 saturated carbocycles. The zero-order valence-electron chi connectivity index (χ0n) is 23.8. The molecule has 4 atom stereocenters. The Balaban J connectivity index is 1.48. The third-order valence-electron chi connectivity index (χ3n) is 8.14. The number of nitrogens with zero attached hydrogens (tertiary/aromatic N) is 1. The maximum Gasteiger partial charge on any atom is 0.307 e. The van der Waals surface area contributed by atoms with Crippen molar-refractivity contribution in [2.45, 2.75) is 69.7 Å². The summed E-state index contributed by atoms with van der Waals surface area (Å²) in [4.78, 5) is 58.8. The number of carbonyl (C=O) groups excluding carboxylic acids is 3. The van der Waals surface area contributed by atoms with E-state index in [4.69, 9.17) is 21.5 Å². The van der Waals surface area contributed by atoms with Crippen LogP contribution in [0, 0.1) is 0 Å². The summed E-state index contributed by atoms with van der Waals surface area (Å²) in [7, 11) is 0. The largest absolute Gasteiger partial charge is 0.481 e. The number of hydrogen-bond donors (Lipinski definition) is 3. The van der Waals surface area contributed by atoms with Gasteiger partial charge in [-0.15, -0.1) is 0 Å². The number of carbonyl (C=O) groups is 4. The first kappa shape index (κ1) is 30.3. The summed E-state index contributed by atoms with van der Waals surface area (Å²) in [5.41, 5.74) is 5.81. The number of benzene rings is 3. The number of halogens is 1. The molecule has 0 saturated heterocycles. The number of rotatable bonds is 9. The molecule has 0 radical (unpaired) electrons. The lowest BCUT2D eigenvalue weighted by Gasteiger charge is -2.49. The SMILES string of the molecule is CC(=O)N[C@H]1CCCC[C@@H]1N1C(=O)c2ccccc2[C@@H](C(=O)NOCc2ccc(CC(=O)O)cc2)[C@@H]1c1ccc(Cl)cc1. The summed E-state index contributed by atoms with van der Waals surface area (Å²) in [5, 5.41) is 12.6. The van der Waals surface area contributed by atoms with Gasteiger partial charge in [0.1, 0.15) is 0 Å². The third-order valence-corrected chi connectivity index (χ3v) is 8.39. The lowest BCUT2D eigenvalue weighted by atomic mass is 9.76. The molecule has 1 aliphatic carbocycles. The quantitative estimate of drug-likeness (QED) is 0.298. The molecule has 0 aromatic heterocycles. The van der Waals surface area contributed by atoms with E-state index in [0.29, 0.717) is 28.1 Å². The Morgan fingerprint density at radius 3 is 2.33 bits per heavy atom. The fourth-order valence-electron chi connectivity index (χ4n) is 6.27. The van der Waals surface area contributed by atoms with E-state index in [2.05, 4.69) is 10.8 Å². The zero-order valence-corrected chi connectivity index (χ0v) is 24.5. The standard InChI is InChI=1S/C33H34ClN3O6/c1-20(38)35-27-8-4-5-9-28(27)37-31(23-14-16-24(34)17-15-23)30(25-6-2-3-7-26(25)33(37)42)32(41)36-43-19-22-12-10-21(11-13-22)18-29(39)40/h2-3,6-7,10-17,27-28,30-31H,4-5,8-9,18-19H2,1H3,(H,35,38)(H,36,41)(H,39,40)/t27-,28-,30+,31-/m0/s1. The van der Waals surface area contributed by atoms with Gasteiger partial charge in [0.05, 0.1) is 31.0 Å². The van der Waals surface area contributed by atoms with Gasteiger partial charge in [0.25, 0.3) is 11.8 Å². The predicted octanol–water partition coefficient (Wildman–Crippen LogP) is 4.94. The molecule has 1 heterocycles. The first-order valence-electron chi connectivity index (χ1n) is 14.4. The van der Waals surface area contributed by atoms with Crippen molar-refractivity contribution in [2.75, 3.05) is 0 Å². The molecule has 43 heavy (non-hydrogen) atoms. The Kier molecular flexibility index (Phi) is 9.43. The van der Waals surface area contributed by atoms with Crippen molar-refractivity contribution in [3.05, 3.63) is 106 Å².